The fourth-order valence-corrected chi connectivity index (χ4v) is 2.30. The number of aromatic amines is 1. The highest BCUT2D eigenvalue weighted by Gasteiger charge is 2.10. The third kappa shape index (κ3) is 1.90. The highest BCUT2D eigenvalue weighted by molar-refractivity contribution is 6.34. The van der Waals surface area contributed by atoms with E-state index in [0.29, 0.717) is 10.5 Å². The molecule has 1 heterocycles. The lowest BCUT2D eigenvalue weighted by Gasteiger charge is -2.05. The van der Waals surface area contributed by atoms with Gasteiger partial charge in [-0.05, 0) is 36.4 Å². The second-order valence-electron chi connectivity index (χ2n) is 4.10. The molecule has 1 aromatic heterocycles. The van der Waals surface area contributed by atoms with Crippen LogP contribution in [0.15, 0.2) is 47.3 Å². The second-order valence-corrected chi connectivity index (χ2v) is 4.50. The molecule has 2 aromatic carbocycles. The Hall–Kier alpha value is -2.20. The first-order valence-electron chi connectivity index (χ1n) is 5.74. The quantitative estimate of drug-likeness (QED) is 0.781. The van der Waals surface area contributed by atoms with Crippen LogP contribution < -0.4 is 10.4 Å². The smallest absolute Gasteiger partial charge is 0.331 e. The largest absolute Gasteiger partial charge is 0.497 e. The normalized spacial score (nSPS) is 10.8. The maximum atomic E-state index is 12.1. The number of hydrogen-bond acceptors (Lipinski definition) is 2. The zero-order valence-corrected chi connectivity index (χ0v) is 10.9. The number of nitrogens with one attached hydrogen (secondary N) is 1. The third-order valence-corrected chi connectivity index (χ3v) is 3.31. The van der Waals surface area contributed by atoms with E-state index in [9.17, 15) is 4.79 Å². The molecular weight excluding hydrogens is 264 g/mol. The Morgan fingerprint density at radius 3 is 2.58 bits per heavy atom. The van der Waals surface area contributed by atoms with Gasteiger partial charge in [-0.2, -0.15) is 0 Å². The predicted octanol–water partition coefficient (Wildman–Crippen LogP) is 2.98. The number of halogens is 1. The number of benzene rings is 2. The van der Waals surface area contributed by atoms with E-state index in [1.165, 1.54) is 0 Å². The lowest BCUT2D eigenvalue weighted by Crippen LogP contribution is -2.14. The van der Waals surface area contributed by atoms with E-state index in [2.05, 4.69) is 4.98 Å². The summed E-state index contributed by atoms with van der Waals surface area (Å²) in [7, 11) is 1.60. The number of H-pyrrole nitrogens is 1. The van der Waals surface area contributed by atoms with Gasteiger partial charge in [0.1, 0.15) is 5.75 Å². The average Bonchev–Trinajstić information content (AvgIpc) is 2.77. The molecule has 3 aromatic rings. The van der Waals surface area contributed by atoms with Crippen molar-refractivity contribution >= 4 is 22.6 Å². The van der Waals surface area contributed by atoms with Crippen LogP contribution >= 0.6 is 11.6 Å². The highest BCUT2D eigenvalue weighted by atomic mass is 35.5. The van der Waals surface area contributed by atoms with Crippen molar-refractivity contribution in [3.8, 4) is 11.4 Å². The maximum absolute atomic E-state index is 12.1. The predicted molar refractivity (Wildman–Crippen MR) is 75.5 cm³/mol. The van der Waals surface area contributed by atoms with Crippen LogP contribution in [0, 0.1) is 0 Å². The molecule has 3 rings (SSSR count). The van der Waals surface area contributed by atoms with Crippen LogP contribution in [0.25, 0.3) is 16.7 Å². The van der Waals surface area contributed by atoms with Gasteiger partial charge in [-0.3, -0.25) is 4.57 Å². The molecule has 0 unspecified atom stereocenters. The van der Waals surface area contributed by atoms with Crippen LogP contribution in [-0.2, 0) is 0 Å². The van der Waals surface area contributed by atoms with E-state index in [1.807, 2.05) is 36.4 Å². The first-order chi connectivity index (χ1) is 9.20. The Kier molecular flexibility index (Phi) is 2.80. The van der Waals surface area contributed by atoms with E-state index in [0.717, 1.165) is 17.0 Å². The molecule has 96 valence electrons. The van der Waals surface area contributed by atoms with Crippen molar-refractivity contribution in [2.45, 2.75) is 0 Å². The van der Waals surface area contributed by atoms with E-state index in [1.54, 1.807) is 17.7 Å². The molecule has 5 heteroatoms. The molecule has 19 heavy (non-hydrogen) atoms. The van der Waals surface area contributed by atoms with E-state index in [-0.39, 0.29) is 5.69 Å². The number of fused-ring (bicyclic) bond motifs is 1. The molecule has 0 amide bonds. The fraction of sp³-hybridized carbons (Fsp3) is 0.0714. The van der Waals surface area contributed by atoms with Crippen LogP contribution in [-0.4, -0.2) is 16.7 Å². The molecule has 0 atom stereocenters. The van der Waals surface area contributed by atoms with E-state index >= 15 is 0 Å². The number of ether oxygens (including phenoxy) is 1. The molecule has 4 nitrogen and oxygen atoms in total. The number of hydrogen-bond donors (Lipinski definition) is 1. The summed E-state index contributed by atoms with van der Waals surface area (Å²) in [5.41, 5.74) is 1.94. The summed E-state index contributed by atoms with van der Waals surface area (Å²) in [6.07, 6.45) is 0. The van der Waals surface area contributed by atoms with Crippen molar-refractivity contribution in [2.24, 2.45) is 0 Å². The van der Waals surface area contributed by atoms with Gasteiger partial charge in [-0.15, -0.1) is 0 Å². The minimum Gasteiger partial charge on any atom is -0.497 e. The lowest BCUT2D eigenvalue weighted by molar-refractivity contribution is 0.414. The van der Waals surface area contributed by atoms with Gasteiger partial charge in [-0.1, -0.05) is 17.7 Å². The molecule has 0 radical (unpaired) electrons. The van der Waals surface area contributed by atoms with Gasteiger partial charge in [-0.25, -0.2) is 4.79 Å². The lowest BCUT2D eigenvalue weighted by atomic mass is 10.2. The number of imidazole rings is 1. The minimum absolute atomic E-state index is 0.215. The number of para-hydroxylation sites is 1. The summed E-state index contributed by atoms with van der Waals surface area (Å²) in [6.45, 7) is 0. The molecule has 0 aliphatic heterocycles. The maximum Gasteiger partial charge on any atom is 0.331 e. The topological polar surface area (TPSA) is 47.0 Å². The van der Waals surface area contributed by atoms with Gasteiger partial charge in [0.05, 0.1) is 28.9 Å². The van der Waals surface area contributed by atoms with Gasteiger partial charge in [0.25, 0.3) is 0 Å². The Morgan fingerprint density at radius 2 is 1.89 bits per heavy atom. The number of nitrogens with zero attached hydrogens (tertiary/aromatic N) is 1. The molecule has 1 N–H and O–H groups in total. The Bertz CT molecular complexity index is 787. The van der Waals surface area contributed by atoms with Crippen LogP contribution in [0.5, 0.6) is 5.75 Å². The number of methoxy groups -OCH3 is 1. The highest BCUT2D eigenvalue weighted by Crippen LogP contribution is 2.23. The van der Waals surface area contributed by atoms with Crippen molar-refractivity contribution < 1.29 is 4.74 Å². The summed E-state index contributed by atoms with van der Waals surface area (Å²) in [5.74, 6) is 0.745. The molecule has 0 bridgehead atoms. The minimum atomic E-state index is -0.215. The van der Waals surface area contributed by atoms with Gasteiger partial charge >= 0.3 is 5.69 Å². The molecular formula is C14H11ClN2O2. The first kappa shape index (κ1) is 11.9. The molecule has 0 aliphatic carbocycles. The second kappa shape index (κ2) is 4.48. The van der Waals surface area contributed by atoms with E-state index in [4.69, 9.17) is 16.3 Å². The van der Waals surface area contributed by atoms with Crippen LogP contribution in [0.4, 0.5) is 0 Å². The average molecular weight is 275 g/mol. The van der Waals surface area contributed by atoms with Crippen molar-refractivity contribution in [3.63, 3.8) is 0 Å². The van der Waals surface area contributed by atoms with Crippen molar-refractivity contribution in [1.82, 2.24) is 9.55 Å². The summed E-state index contributed by atoms with van der Waals surface area (Å²) in [6, 6.07) is 12.7. The van der Waals surface area contributed by atoms with Crippen LogP contribution in [0.2, 0.25) is 5.02 Å². The summed E-state index contributed by atoms with van der Waals surface area (Å²) >= 11 is 6.07. The summed E-state index contributed by atoms with van der Waals surface area (Å²) in [4.78, 5) is 14.8. The van der Waals surface area contributed by atoms with Gasteiger partial charge in [0, 0.05) is 0 Å². The van der Waals surface area contributed by atoms with Crippen LogP contribution in [0.1, 0.15) is 0 Å². The molecule has 0 saturated carbocycles. The fourth-order valence-electron chi connectivity index (χ4n) is 2.08. The Labute approximate surface area is 114 Å². The molecule has 0 spiro atoms. The third-order valence-electron chi connectivity index (χ3n) is 3.00. The van der Waals surface area contributed by atoms with Gasteiger partial charge in [0.15, 0.2) is 0 Å². The zero-order chi connectivity index (χ0) is 13.4. The number of rotatable bonds is 2. The molecule has 0 aliphatic rings. The van der Waals surface area contributed by atoms with Gasteiger partial charge < -0.3 is 9.72 Å². The summed E-state index contributed by atoms with van der Waals surface area (Å²) in [5, 5.41) is 0.530. The van der Waals surface area contributed by atoms with Crippen LogP contribution in [0.3, 0.4) is 0 Å². The standard InChI is InChI=1S/C14H11ClN2O2/c1-19-10-7-5-9(6-8-10)17-12-4-2-3-11(15)13(12)16-14(17)18/h2-8H,1H3,(H,16,18). The van der Waals surface area contributed by atoms with Crippen molar-refractivity contribution in [2.75, 3.05) is 7.11 Å². The van der Waals surface area contributed by atoms with Crippen molar-refractivity contribution in [1.29, 1.82) is 0 Å². The Morgan fingerprint density at radius 1 is 1.16 bits per heavy atom. The molecule has 0 fully saturated rings. The summed E-state index contributed by atoms with van der Waals surface area (Å²) < 4.78 is 6.69. The monoisotopic (exact) mass is 274 g/mol. The van der Waals surface area contributed by atoms with Crippen molar-refractivity contribution in [3.05, 3.63) is 58.0 Å². The first-order valence-corrected chi connectivity index (χ1v) is 6.12. The SMILES string of the molecule is COc1ccc(-n2c(=O)[nH]c3c(Cl)cccc32)cc1. The number of aromatic nitrogens is 2. The van der Waals surface area contributed by atoms with E-state index < -0.39 is 0 Å². The van der Waals surface area contributed by atoms with Gasteiger partial charge in [0.2, 0.25) is 0 Å². The zero-order valence-electron chi connectivity index (χ0n) is 10.2. The molecule has 0 saturated heterocycles. The Balaban J connectivity index is 2.27.